The second kappa shape index (κ2) is 4.45. The number of ether oxygens (including phenoxy) is 1. The maximum atomic E-state index is 11.2. The molecule has 0 aromatic rings. The van der Waals surface area contributed by atoms with Crippen molar-refractivity contribution in [3.05, 3.63) is 0 Å². The highest BCUT2D eigenvalue weighted by Crippen LogP contribution is 2.19. The Hall–Kier alpha value is -0.570. The van der Waals surface area contributed by atoms with Gasteiger partial charge in [-0.25, -0.2) is 0 Å². The molecular weight excluding hydrogens is 154 g/mol. The molecule has 0 aromatic heterocycles. The van der Waals surface area contributed by atoms with E-state index in [1.54, 1.807) is 7.11 Å². The van der Waals surface area contributed by atoms with E-state index >= 15 is 0 Å². The van der Waals surface area contributed by atoms with Crippen LogP contribution in [0, 0.1) is 5.92 Å². The molecule has 1 aliphatic rings. The number of carbonyl (C=O) groups excluding carboxylic acids is 1. The van der Waals surface area contributed by atoms with Gasteiger partial charge in [-0.3, -0.25) is 4.79 Å². The zero-order valence-electron chi connectivity index (χ0n) is 7.80. The number of rotatable bonds is 5. The lowest BCUT2D eigenvalue weighted by atomic mass is 10.1. The SMILES string of the molecule is COCC(C)CC(=O)NC1CC1. The molecule has 12 heavy (non-hydrogen) atoms. The van der Waals surface area contributed by atoms with Crippen molar-refractivity contribution in [3.8, 4) is 0 Å². The maximum Gasteiger partial charge on any atom is 0.220 e. The predicted octanol–water partition coefficient (Wildman–Crippen LogP) is 0.938. The van der Waals surface area contributed by atoms with E-state index in [2.05, 4.69) is 5.32 Å². The van der Waals surface area contributed by atoms with Gasteiger partial charge in [0.25, 0.3) is 0 Å². The fourth-order valence-electron chi connectivity index (χ4n) is 1.17. The van der Waals surface area contributed by atoms with Gasteiger partial charge in [-0.15, -0.1) is 0 Å². The van der Waals surface area contributed by atoms with Crippen molar-refractivity contribution in [1.82, 2.24) is 5.32 Å². The van der Waals surface area contributed by atoms with Crippen molar-refractivity contribution in [2.75, 3.05) is 13.7 Å². The van der Waals surface area contributed by atoms with Gasteiger partial charge in [-0.05, 0) is 18.8 Å². The third-order valence-electron chi connectivity index (χ3n) is 1.93. The number of hydrogen-bond acceptors (Lipinski definition) is 2. The van der Waals surface area contributed by atoms with Gasteiger partial charge in [0.1, 0.15) is 0 Å². The first-order valence-corrected chi connectivity index (χ1v) is 4.50. The molecule has 1 fully saturated rings. The lowest BCUT2D eigenvalue weighted by Crippen LogP contribution is -2.27. The van der Waals surface area contributed by atoms with Crippen molar-refractivity contribution in [1.29, 1.82) is 0 Å². The Kier molecular flexibility index (Phi) is 3.53. The van der Waals surface area contributed by atoms with Crippen LogP contribution in [0.1, 0.15) is 26.2 Å². The molecule has 3 nitrogen and oxygen atoms in total. The Balaban J connectivity index is 2.06. The second-order valence-electron chi connectivity index (χ2n) is 3.61. The Bertz CT molecular complexity index is 155. The van der Waals surface area contributed by atoms with Crippen molar-refractivity contribution in [3.63, 3.8) is 0 Å². The van der Waals surface area contributed by atoms with Crippen LogP contribution in [0.15, 0.2) is 0 Å². The molecule has 1 unspecified atom stereocenters. The number of hydrogen-bond donors (Lipinski definition) is 1. The summed E-state index contributed by atoms with van der Waals surface area (Å²) in [6, 6.07) is 0.479. The van der Waals surface area contributed by atoms with Crippen LogP contribution < -0.4 is 5.32 Å². The number of nitrogens with one attached hydrogen (secondary N) is 1. The molecule has 0 aliphatic heterocycles. The van der Waals surface area contributed by atoms with Gasteiger partial charge in [0.05, 0.1) is 0 Å². The van der Waals surface area contributed by atoms with Gasteiger partial charge >= 0.3 is 0 Å². The third kappa shape index (κ3) is 3.72. The minimum atomic E-state index is 0.169. The average Bonchev–Trinajstić information content (AvgIpc) is 2.71. The standard InChI is InChI=1S/C9H17NO2/c1-7(6-12-2)5-9(11)10-8-3-4-8/h7-8H,3-6H2,1-2H3,(H,10,11). The van der Waals surface area contributed by atoms with E-state index in [0.717, 1.165) is 12.8 Å². The molecule has 1 amide bonds. The lowest BCUT2D eigenvalue weighted by molar-refractivity contribution is -0.122. The summed E-state index contributed by atoms with van der Waals surface area (Å²) in [7, 11) is 1.66. The molecule has 0 spiro atoms. The van der Waals surface area contributed by atoms with Gasteiger partial charge < -0.3 is 10.1 Å². The van der Waals surface area contributed by atoms with Crippen LogP contribution in [0.3, 0.4) is 0 Å². The zero-order chi connectivity index (χ0) is 8.97. The molecule has 0 bridgehead atoms. The summed E-state index contributed by atoms with van der Waals surface area (Å²) in [6.07, 6.45) is 2.90. The molecule has 0 saturated heterocycles. The molecule has 70 valence electrons. The minimum Gasteiger partial charge on any atom is -0.384 e. The summed E-state index contributed by atoms with van der Waals surface area (Å²) in [4.78, 5) is 11.2. The summed E-state index contributed by atoms with van der Waals surface area (Å²) in [5.74, 6) is 0.496. The first-order chi connectivity index (χ1) is 5.72. The normalized spacial score (nSPS) is 18.8. The van der Waals surface area contributed by atoms with Crippen molar-refractivity contribution in [2.45, 2.75) is 32.2 Å². The highest BCUT2D eigenvalue weighted by Gasteiger charge is 2.23. The van der Waals surface area contributed by atoms with Crippen LogP contribution >= 0.6 is 0 Å². The van der Waals surface area contributed by atoms with Crippen LogP contribution in [0.25, 0.3) is 0 Å². The average molecular weight is 171 g/mol. The van der Waals surface area contributed by atoms with Gasteiger partial charge in [0, 0.05) is 26.2 Å². The number of amides is 1. The summed E-state index contributed by atoms with van der Waals surface area (Å²) in [5.41, 5.74) is 0. The van der Waals surface area contributed by atoms with Gasteiger partial charge in [-0.1, -0.05) is 6.92 Å². The first kappa shape index (κ1) is 9.52. The number of carbonyl (C=O) groups is 1. The van der Waals surface area contributed by atoms with Crippen LogP contribution in [-0.2, 0) is 9.53 Å². The maximum absolute atomic E-state index is 11.2. The molecule has 1 N–H and O–H groups in total. The van der Waals surface area contributed by atoms with E-state index in [1.165, 1.54) is 0 Å². The van der Waals surface area contributed by atoms with E-state index in [-0.39, 0.29) is 5.91 Å². The Morgan fingerprint density at radius 2 is 2.33 bits per heavy atom. The van der Waals surface area contributed by atoms with Gasteiger partial charge in [0.15, 0.2) is 0 Å². The minimum absolute atomic E-state index is 0.169. The van der Waals surface area contributed by atoms with Gasteiger partial charge in [0.2, 0.25) is 5.91 Å². The third-order valence-corrected chi connectivity index (χ3v) is 1.93. The van der Waals surface area contributed by atoms with E-state index in [9.17, 15) is 4.79 Å². The quantitative estimate of drug-likeness (QED) is 0.668. The Morgan fingerprint density at radius 1 is 1.67 bits per heavy atom. The fourth-order valence-corrected chi connectivity index (χ4v) is 1.17. The summed E-state index contributed by atoms with van der Waals surface area (Å²) in [5, 5.41) is 2.95. The van der Waals surface area contributed by atoms with Crippen LogP contribution in [-0.4, -0.2) is 25.7 Å². The van der Waals surface area contributed by atoms with E-state index in [0.29, 0.717) is 25.0 Å². The molecular formula is C9H17NO2. The zero-order valence-corrected chi connectivity index (χ0v) is 7.80. The molecule has 1 saturated carbocycles. The Morgan fingerprint density at radius 3 is 2.83 bits per heavy atom. The topological polar surface area (TPSA) is 38.3 Å². The monoisotopic (exact) mass is 171 g/mol. The molecule has 0 radical (unpaired) electrons. The van der Waals surface area contributed by atoms with Crippen molar-refractivity contribution in [2.24, 2.45) is 5.92 Å². The summed E-state index contributed by atoms with van der Waals surface area (Å²) < 4.78 is 4.95. The smallest absolute Gasteiger partial charge is 0.220 e. The van der Waals surface area contributed by atoms with Crippen LogP contribution in [0.5, 0.6) is 0 Å². The Labute approximate surface area is 73.5 Å². The van der Waals surface area contributed by atoms with E-state index < -0.39 is 0 Å². The predicted molar refractivity (Wildman–Crippen MR) is 46.8 cm³/mol. The molecule has 1 aliphatic carbocycles. The highest BCUT2D eigenvalue weighted by atomic mass is 16.5. The molecule has 3 heteroatoms. The first-order valence-electron chi connectivity index (χ1n) is 4.50. The number of methoxy groups -OCH3 is 1. The van der Waals surface area contributed by atoms with Crippen LogP contribution in [0.2, 0.25) is 0 Å². The van der Waals surface area contributed by atoms with Gasteiger partial charge in [-0.2, -0.15) is 0 Å². The van der Waals surface area contributed by atoms with E-state index in [4.69, 9.17) is 4.74 Å². The fraction of sp³-hybridized carbons (Fsp3) is 0.889. The molecule has 1 rings (SSSR count). The van der Waals surface area contributed by atoms with E-state index in [1.807, 2.05) is 6.92 Å². The molecule has 0 heterocycles. The van der Waals surface area contributed by atoms with Crippen molar-refractivity contribution >= 4 is 5.91 Å². The van der Waals surface area contributed by atoms with Crippen LogP contribution in [0.4, 0.5) is 0 Å². The summed E-state index contributed by atoms with van der Waals surface area (Å²) in [6.45, 7) is 2.69. The van der Waals surface area contributed by atoms with Crippen molar-refractivity contribution < 1.29 is 9.53 Å². The molecule has 1 atom stereocenters. The largest absolute Gasteiger partial charge is 0.384 e. The molecule has 0 aromatic carbocycles. The lowest BCUT2D eigenvalue weighted by Gasteiger charge is -2.09. The summed E-state index contributed by atoms with van der Waals surface area (Å²) >= 11 is 0. The highest BCUT2D eigenvalue weighted by molar-refractivity contribution is 5.76. The second-order valence-corrected chi connectivity index (χ2v) is 3.61.